The summed E-state index contributed by atoms with van der Waals surface area (Å²) in [5.74, 6) is -5.09. The van der Waals surface area contributed by atoms with Crippen molar-refractivity contribution in [1.29, 1.82) is 0 Å². The summed E-state index contributed by atoms with van der Waals surface area (Å²) in [6.45, 7) is 0.283. The Balaban J connectivity index is 4.90. The molecule has 4 unspecified atom stereocenters. The van der Waals surface area contributed by atoms with Crippen molar-refractivity contribution < 1.29 is 29.1 Å². The lowest BCUT2D eigenvalue weighted by Crippen LogP contribution is -2.58. The smallest absolute Gasteiger partial charge is 0.326 e. The molecule has 16 heteroatoms. The number of primary amides is 1. The first-order chi connectivity index (χ1) is 14.9. The number of nitrogens with two attached hydrogens (primary N) is 4. The quantitative estimate of drug-likeness (QED) is 0.0455. The lowest BCUT2D eigenvalue weighted by atomic mass is 10.1. The molecule has 0 bridgehead atoms. The fraction of sp³-hybridized carbons (Fsp3) is 0.625. The average Bonchev–Trinajstić information content (AvgIpc) is 2.71. The molecule has 0 aromatic heterocycles. The van der Waals surface area contributed by atoms with Crippen LogP contribution in [0.25, 0.3) is 0 Å². The van der Waals surface area contributed by atoms with E-state index in [1.807, 2.05) is 0 Å². The molecule has 0 aliphatic carbocycles. The Labute approximate surface area is 195 Å². The molecule has 182 valence electrons. The molecule has 0 rings (SSSR count). The van der Waals surface area contributed by atoms with Gasteiger partial charge in [-0.05, 0) is 12.8 Å². The molecule has 0 aromatic carbocycles. The number of aliphatic imine (C=N–C) groups is 1. The summed E-state index contributed by atoms with van der Waals surface area (Å²) in [6.07, 6.45) is 0.0501. The second-order valence-electron chi connectivity index (χ2n) is 6.61. The van der Waals surface area contributed by atoms with Crippen LogP contribution in [-0.4, -0.2) is 82.9 Å². The standard InChI is InChI=1S/C16H30N8O6S2/c17-7(2-1-3-21-16(19)20)12(26)23-9(5-31)14(28)24-10(6-32)13(27)22-8(15(29)30)4-11(18)25/h7-10,31-32H,1-6,17H2,(H2,18,25)(H,22,27)(H,23,26)(H,24,28)(H,29,30)(H4,19,20,21). The van der Waals surface area contributed by atoms with E-state index in [9.17, 15) is 24.0 Å². The van der Waals surface area contributed by atoms with Crippen LogP contribution < -0.4 is 38.9 Å². The molecule has 4 amide bonds. The molecule has 12 N–H and O–H groups in total. The number of carbonyl (C=O) groups is 5. The Hall–Kier alpha value is -2.72. The number of thiol groups is 2. The summed E-state index contributed by atoms with van der Waals surface area (Å²) in [7, 11) is 0. The molecule has 0 fully saturated rings. The van der Waals surface area contributed by atoms with Crippen LogP contribution in [0.2, 0.25) is 0 Å². The summed E-state index contributed by atoms with van der Waals surface area (Å²) in [6, 6.07) is -4.90. The number of aliphatic carboxylic acids is 1. The van der Waals surface area contributed by atoms with Crippen LogP contribution in [-0.2, 0) is 24.0 Å². The van der Waals surface area contributed by atoms with Crippen molar-refractivity contribution in [2.45, 2.75) is 43.4 Å². The minimum absolute atomic E-state index is 0.0816. The van der Waals surface area contributed by atoms with Gasteiger partial charge in [0.25, 0.3) is 0 Å². The van der Waals surface area contributed by atoms with E-state index < -0.39 is 60.2 Å². The van der Waals surface area contributed by atoms with Gasteiger partial charge in [0.05, 0.1) is 12.5 Å². The number of carbonyl (C=O) groups excluding carboxylic acids is 4. The van der Waals surface area contributed by atoms with Crippen LogP contribution in [0.15, 0.2) is 4.99 Å². The van der Waals surface area contributed by atoms with Gasteiger partial charge >= 0.3 is 5.97 Å². The minimum atomic E-state index is -1.57. The third-order valence-electron chi connectivity index (χ3n) is 3.96. The molecule has 0 saturated heterocycles. The van der Waals surface area contributed by atoms with Gasteiger partial charge in [0.1, 0.15) is 18.1 Å². The summed E-state index contributed by atoms with van der Waals surface area (Å²) < 4.78 is 0. The van der Waals surface area contributed by atoms with Gasteiger partial charge in [-0.15, -0.1) is 0 Å². The highest BCUT2D eigenvalue weighted by Crippen LogP contribution is 2.00. The lowest BCUT2D eigenvalue weighted by molar-refractivity contribution is -0.143. The molecule has 0 saturated carbocycles. The number of amides is 4. The Bertz CT molecular complexity index is 719. The van der Waals surface area contributed by atoms with E-state index in [-0.39, 0.29) is 30.4 Å². The molecule has 0 spiro atoms. The number of carboxylic acids is 1. The largest absolute Gasteiger partial charge is 0.480 e. The van der Waals surface area contributed by atoms with Gasteiger partial charge in [0.2, 0.25) is 23.6 Å². The Kier molecular flexibility index (Phi) is 13.9. The van der Waals surface area contributed by atoms with E-state index in [1.54, 1.807) is 0 Å². The van der Waals surface area contributed by atoms with Crippen molar-refractivity contribution >= 4 is 60.8 Å². The molecule has 4 atom stereocenters. The van der Waals surface area contributed by atoms with Crippen molar-refractivity contribution in [3.8, 4) is 0 Å². The maximum atomic E-state index is 12.5. The van der Waals surface area contributed by atoms with Gasteiger partial charge in [-0.3, -0.25) is 24.2 Å². The van der Waals surface area contributed by atoms with Crippen molar-refractivity contribution in [3.63, 3.8) is 0 Å². The number of carboxylic acid groups (broad SMARTS) is 1. The number of hydrogen-bond donors (Lipinski definition) is 10. The number of rotatable bonds is 15. The van der Waals surface area contributed by atoms with Crippen molar-refractivity contribution in [2.24, 2.45) is 27.9 Å². The zero-order valence-corrected chi connectivity index (χ0v) is 19.0. The van der Waals surface area contributed by atoms with Gasteiger partial charge in [-0.2, -0.15) is 25.3 Å². The third-order valence-corrected chi connectivity index (χ3v) is 4.69. The van der Waals surface area contributed by atoms with Gasteiger partial charge in [0.15, 0.2) is 5.96 Å². The number of hydrogen-bond acceptors (Lipinski definition) is 9. The first kappa shape index (κ1) is 29.3. The fourth-order valence-corrected chi connectivity index (χ4v) is 2.78. The minimum Gasteiger partial charge on any atom is -0.480 e. The number of guanidine groups is 1. The molecule has 14 nitrogen and oxygen atoms in total. The van der Waals surface area contributed by atoms with Crippen molar-refractivity contribution in [1.82, 2.24) is 16.0 Å². The van der Waals surface area contributed by atoms with Crippen molar-refractivity contribution in [2.75, 3.05) is 18.1 Å². The Morgan fingerprint density at radius 1 is 0.844 bits per heavy atom. The Morgan fingerprint density at radius 2 is 1.31 bits per heavy atom. The summed E-state index contributed by atoms with van der Waals surface area (Å²) in [5, 5.41) is 15.9. The van der Waals surface area contributed by atoms with Gasteiger partial charge in [0, 0.05) is 18.1 Å². The predicted octanol–water partition coefficient (Wildman–Crippen LogP) is -4.36. The van der Waals surface area contributed by atoms with Crippen LogP contribution in [0.3, 0.4) is 0 Å². The van der Waals surface area contributed by atoms with E-state index in [4.69, 9.17) is 28.0 Å². The number of nitrogens with zero attached hydrogens (tertiary/aromatic N) is 1. The highest BCUT2D eigenvalue weighted by atomic mass is 32.1. The van der Waals surface area contributed by atoms with Gasteiger partial charge in [-0.1, -0.05) is 0 Å². The maximum Gasteiger partial charge on any atom is 0.326 e. The lowest BCUT2D eigenvalue weighted by Gasteiger charge is -2.23. The number of nitrogens with one attached hydrogen (secondary N) is 3. The Morgan fingerprint density at radius 3 is 1.72 bits per heavy atom. The summed E-state index contributed by atoms with van der Waals surface area (Å²) in [5.41, 5.74) is 21.2. The van der Waals surface area contributed by atoms with Crippen LogP contribution in [0.4, 0.5) is 0 Å². The maximum absolute atomic E-state index is 12.5. The molecule has 32 heavy (non-hydrogen) atoms. The van der Waals surface area contributed by atoms with Crippen LogP contribution >= 0.6 is 25.3 Å². The molecule has 0 aliphatic heterocycles. The van der Waals surface area contributed by atoms with Gasteiger partial charge in [-0.25, -0.2) is 4.79 Å². The first-order valence-corrected chi connectivity index (χ1v) is 10.6. The van der Waals surface area contributed by atoms with Gasteiger partial charge < -0.3 is 44.0 Å². The zero-order valence-electron chi connectivity index (χ0n) is 17.2. The third kappa shape index (κ3) is 11.6. The molecule has 0 aromatic rings. The van der Waals surface area contributed by atoms with E-state index >= 15 is 0 Å². The molecule has 0 aliphatic rings. The molecular formula is C16H30N8O6S2. The van der Waals surface area contributed by atoms with E-state index in [0.717, 1.165) is 0 Å². The highest BCUT2D eigenvalue weighted by molar-refractivity contribution is 7.80. The normalized spacial score (nSPS) is 14.2. The molecule has 0 radical (unpaired) electrons. The SMILES string of the molecule is NC(=O)CC(NC(=O)C(CS)NC(=O)C(CS)NC(=O)C(N)CCCN=C(N)N)C(=O)O. The summed E-state index contributed by atoms with van der Waals surface area (Å²) in [4.78, 5) is 62.9. The van der Waals surface area contributed by atoms with E-state index in [2.05, 4.69) is 46.2 Å². The van der Waals surface area contributed by atoms with E-state index in [1.165, 1.54) is 0 Å². The zero-order chi connectivity index (χ0) is 24.8. The topological polar surface area (TPSA) is 258 Å². The van der Waals surface area contributed by atoms with E-state index in [0.29, 0.717) is 6.42 Å². The highest BCUT2D eigenvalue weighted by Gasteiger charge is 2.29. The second kappa shape index (κ2) is 15.1. The first-order valence-electron chi connectivity index (χ1n) is 9.37. The van der Waals surface area contributed by atoms with Crippen LogP contribution in [0.5, 0.6) is 0 Å². The summed E-state index contributed by atoms with van der Waals surface area (Å²) >= 11 is 7.99. The van der Waals surface area contributed by atoms with Crippen molar-refractivity contribution in [3.05, 3.63) is 0 Å². The van der Waals surface area contributed by atoms with Crippen LogP contribution in [0.1, 0.15) is 19.3 Å². The van der Waals surface area contributed by atoms with Crippen LogP contribution in [0, 0.1) is 0 Å². The fourth-order valence-electron chi connectivity index (χ4n) is 2.26. The molecule has 0 heterocycles. The monoisotopic (exact) mass is 494 g/mol. The average molecular weight is 495 g/mol. The predicted molar refractivity (Wildman–Crippen MR) is 123 cm³/mol. The molecular weight excluding hydrogens is 464 g/mol. The second-order valence-corrected chi connectivity index (χ2v) is 7.34.